The highest BCUT2D eigenvalue weighted by molar-refractivity contribution is 6.30. The highest BCUT2D eigenvalue weighted by atomic mass is 35.5. The molecule has 1 aromatic carbocycles. The molecule has 3 aliphatic rings. The zero-order chi connectivity index (χ0) is 25.9. The van der Waals surface area contributed by atoms with E-state index in [9.17, 15) is 20.4 Å². The number of hydrogen-bond donors (Lipinski definition) is 4. The zero-order valence-corrected chi connectivity index (χ0v) is 21.4. The van der Waals surface area contributed by atoms with Gasteiger partial charge in [0.25, 0.3) is 0 Å². The lowest BCUT2D eigenvalue weighted by atomic mass is 9.93. The Kier molecular flexibility index (Phi) is 8.01. The van der Waals surface area contributed by atoms with Gasteiger partial charge >= 0.3 is 0 Å². The molecule has 2 aromatic rings. The number of fused-ring (bicyclic) bond motifs is 1. The van der Waals surface area contributed by atoms with Crippen molar-refractivity contribution in [3.8, 4) is 11.8 Å². The molecule has 2 aliphatic carbocycles. The Labute approximate surface area is 222 Å². The quantitative estimate of drug-likeness (QED) is 0.437. The Morgan fingerprint density at radius 2 is 1.84 bits per heavy atom. The van der Waals surface area contributed by atoms with E-state index in [4.69, 9.17) is 11.6 Å². The Morgan fingerprint density at radius 3 is 2.62 bits per heavy atom. The van der Waals surface area contributed by atoms with Crippen LogP contribution in [0.3, 0.4) is 0 Å². The van der Waals surface area contributed by atoms with Gasteiger partial charge in [-0.05, 0) is 67.0 Å². The van der Waals surface area contributed by atoms with Gasteiger partial charge in [0, 0.05) is 41.5 Å². The molecule has 0 amide bonds. The highest BCUT2D eigenvalue weighted by Gasteiger charge is 2.38. The molecule has 1 saturated heterocycles. The maximum absolute atomic E-state index is 10.9. The molecule has 1 aliphatic heterocycles. The summed E-state index contributed by atoms with van der Waals surface area (Å²) in [6, 6.07) is 9.55. The summed E-state index contributed by atoms with van der Waals surface area (Å²) in [7, 11) is 0. The minimum absolute atomic E-state index is 0.0664. The average molecular weight is 521 g/mol. The van der Waals surface area contributed by atoms with Crippen LogP contribution in [-0.2, 0) is 6.42 Å². The Balaban J connectivity index is 1.21. The summed E-state index contributed by atoms with van der Waals surface area (Å²) >= 11 is 6.12. The molecule has 1 aromatic heterocycles. The number of nitrogens with zero attached hydrogens (tertiary/aromatic N) is 2. The Morgan fingerprint density at radius 1 is 1.00 bits per heavy atom. The summed E-state index contributed by atoms with van der Waals surface area (Å²) in [5.74, 6) is 6.80. The largest absolute Gasteiger partial charge is 0.386 e. The van der Waals surface area contributed by atoms with Crippen LogP contribution in [0.5, 0.6) is 0 Å². The second kappa shape index (κ2) is 11.4. The predicted molar refractivity (Wildman–Crippen MR) is 145 cm³/mol. The predicted octanol–water partition coefficient (Wildman–Crippen LogP) is 3.63. The summed E-state index contributed by atoms with van der Waals surface area (Å²) in [6.45, 7) is 1.09. The van der Waals surface area contributed by atoms with Crippen LogP contribution in [-0.4, -0.2) is 61.4 Å². The van der Waals surface area contributed by atoms with E-state index in [1.165, 1.54) is 0 Å². The van der Waals surface area contributed by atoms with Gasteiger partial charge in [-0.25, -0.2) is 0 Å². The first kappa shape index (κ1) is 26.0. The van der Waals surface area contributed by atoms with Crippen molar-refractivity contribution in [3.63, 3.8) is 0 Å². The molecule has 37 heavy (non-hydrogen) atoms. The molecule has 0 saturated carbocycles. The minimum Gasteiger partial charge on any atom is -0.386 e. The molecule has 7 heteroatoms. The first-order valence-electron chi connectivity index (χ1n) is 12.9. The highest BCUT2D eigenvalue weighted by Crippen LogP contribution is 2.32. The van der Waals surface area contributed by atoms with Gasteiger partial charge in [-0.2, -0.15) is 0 Å². The lowest BCUT2D eigenvalue weighted by Gasteiger charge is -2.33. The third-order valence-electron chi connectivity index (χ3n) is 7.53. The van der Waals surface area contributed by atoms with E-state index in [1.807, 2.05) is 42.5 Å². The van der Waals surface area contributed by atoms with E-state index in [2.05, 4.69) is 30.1 Å². The van der Waals surface area contributed by atoms with E-state index < -0.39 is 24.7 Å². The van der Waals surface area contributed by atoms with E-state index >= 15 is 0 Å². The molecular formula is C30H33ClN2O4. The number of benzene rings is 1. The molecule has 4 N–H and O–H groups in total. The number of likely N-dealkylation sites (tertiary alicyclic amines) is 1. The number of rotatable bonds is 6. The first-order valence-corrected chi connectivity index (χ1v) is 13.3. The monoisotopic (exact) mass is 520 g/mol. The summed E-state index contributed by atoms with van der Waals surface area (Å²) in [5.41, 5.74) is 3.91. The zero-order valence-electron chi connectivity index (χ0n) is 20.6. The van der Waals surface area contributed by atoms with Gasteiger partial charge in [0.1, 0.15) is 18.4 Å². The number of halogens is 1. The molecular weight excluding hydrogens is 488 g/mol. The van der Waals surface area contributed by atoms with Crippen molar-refractivity contribution >= 4 is 17.7 Å². The fourth-order valence-corrected chi connectivity index (χ4v) is 5.58. The van der Waals surface area contributed by atoms with Crippen LogP contribution < -0.4 is 0 Å². The van der Waals surface area contributed by atoms with Gasteiger partial charge in [0.05, 0.1) is 0 Å². The molecule has 6 nitrogen and oxygen atoms in total. The molecule has 6 atom stereocenters. The lowest BCUT2D eigenvalue weighted by Crippen LogP contribution is -2.50. The van der Waals surface area contributed by atoms with Gasteiger partial charge in [-0.15, -0.1) is 0 Å². The molecule has 2 heterocycles. The Hall–Kier alpha value is -2.63. The summed E-state index contributed by atoms with van der Waals surface area (Å²) in [6.07, 6.45) is 9.70. The molecule has 4 unspecified atom stereocenters. The van der Waals surface area contributed by atoms with Crippen LogP contribution in [0.4, 0.5) is 0 Å². The number of aromatic nitrogens is 1. The molecule has 1 fully saturated rings. The minimum atomic E-state index is -1.58. The molecule has 0 spiro atoms. The first-order chi connectivity index (χ1) is 17.9. The number of aliphatic hydroxyl groups excluding tert-OH is 4. The SMILES string of the molecule is OC([C@H](O)[C@@H](O)C(O)n1ccc2c1C=CC(C#CC1=CCCC=C1)C2)N1CCC(c2cccc(Cl)c2)C1. The van der Waals surface area contributed by atoms with Crippen molar-refractivity contribution in [3.05, 3.63) is 88.2 Å². The smallest absolute Gasteiger partial charge is 0.159 e. The fourth-order valence-electron chi connectivity index (χ4n) is 5.39. The van der Waals surface area contributed by atoms with E-state index in [-0.39, 0.29) is 11.8 Å². The normalized spacial score (nSPS) is 24.5. The second-order valence-corrected chi connectivity index (χ2v) is 10.5. The second-order valence-electron chi connectivity index (χ2n) is 10.1. The lowest BCUT2D eigenvalue weighted by molar-refractivity contribution is -0.161. The van der Waals surface area contributed by atoms with Crippen LogP contribution in [0.25, 0.3) is 6.08 Å². The number of hydrogen-bond acceptors (Lipinski definition) is 5. The van der Waals surface area contributed by atoms with Crippen molar-refractivity contribution < 1.29 is 20.4 Å². The molecule has 194 valence electrons. The van der Waals surface area contributed by atoms with Crippen LogP contribution >= 0.6 is 11.6 Å². The summed E-state index contributed by atoms with van der Waals surface area (Å²) < 4.78 is 1.54. The Bertz CT molecular complexity index is 1270. The van der Waals surface area contributed by atoms with Crippen LogP contribution in [0.15, 0.2) is 66.4 Å². The maximum Gasteiger partial charge on any atom is 0.159 e. The van der Waals surface area contributed by atoms with Gasteiger partial charge in [0.2, 0.25) is 0 Å². The topological polar surface area (TPSA) is 89.1 Å². The summed E-state index contributed by atoms with van der Waals surface area (Å²) in [4.78, 5) is 1.73. The van der Waals surface area contributed by atoms with E-state index in [1.54, 1.807) is 15.7 Å². The van der Waals surface area contributed by atoms with Gasteiger partial charge in [-0.3, -0.25) is 4.90 Å². The summed E-state index contributed by atoms with van der Waals surface area (Å²) in [5, 5.41) is 44.0. The van der Waals surface area contributed by atoms with E-state index in [0.717, 1.165) is 41.7 Å². The fraction of sp³-hybridized carbons (Fsp3) is 0.400. The van der Waals surface area contributed by atoms with Gasteiger partial charge in [-0.1, -0.05) is 59.9 Å². The van der Waals surface area contributed by atoms with Crippen LogP contribution in [0.2, 0.25) is 5.02 Å². The maximum atomic E-state index is 10.9. The third-order valence-corrected chi connectivity index (χ3v) is 7.76. The van der Waals surface area contributed by atoms with Crippen LogP contribution in [0.1, 0.15) is 48.2 Å². The molecule has 0 radical (unpaired) electrons. The standard InChI is InChI=1S/C30H33ClN2O4/c31-25-8-4-7-22(18-25)24-13-15-32(19-24)29(36)27(34)28(35)30(37)33-16-14-23-17-21(11-12-26(23)33)10-9-20-5-2-1-3-6-20/h2,4-8,11-12,14,16,18,21,24,27-30,34-37H,1,3,13,15,17,19H2/t21?,24?,27-,28-,29?,30?/m1/s1. The van der Waals surface area contributed by atoms with Crippen molar-refractivity contribution in [1.82, 2.24) is 9.47 Å². The average Bonchev–Trinajstić information content (AvgIpc) is 3.58. The van der Waals surface area contributed by atoms with Crippen molar-refractivity contribution in [1.29, 1.82) is 0 Å². The molecule has 5 rings (SSSR count). The molecule has 0 bridgehead atoms. The van der Waals surface area contributed by atoms with Crippen molar-refractivity contribution in [2.24, 2.45) is 5.92 Å². The van der Waals surface area contributed by atoms with Gasteiger partial charge in [0.15, 0.2) is 6.23 Å². The number of allylic oxidation sites excluding steroid dienone is 5. The number of aliphatic hydroxyl groups is 4. The van der Waals surface area contributed by atoms with E-state index in [0.29, 0.717) is 24.5 Å². The van der Waals surface area contributed by atoms with Crippen molar-refractivity contribution in [2.75, 3.05) is 13.1 Å². The van der Waals surface area contributed by atoms with Gasteiger partial charge < -0.3 is 25.0 Å². The van der Waals surface area contributed by atoms with Crippen LogP contribution in [0, 0.1) is 17.8 Å². The third kappa shape index (κ3) is 5.78. The van der Waals surface area contributed by atoms with Crippen molar-refractivity contribution in [2.45, 2.75) is 56.3 Å².